The fourth-order valence-electron chi connectivity index (χ4n) is 2.77. The number of nitrogens with zero attached hydrogens (tertiary/aromatic N) is 3. The molecule has 0 amide bonds. The maximum absolute atomic E-state index is 6.03. The van der Waals surface area contributed by atoms with Crippen LogP contribution in [-0.4, -0.2) is 42.1 Å². The van der Waals surface area contributed by atoms with Crippen molar-refractivity contribution in [2.45, 2.75) is 31.8 Å². The van der Waals surface area contributed by atoms with E-state index >= 15 is 0 Å². The number of pyridine rings is 1. The van der Waals surface area contributed by atoms with Crippen LogP contribution in [0.2, 0.25) is 0 Å². The fourth-order valence-corrected chi connectivity index (χ4v) is 2.77. The summed E-state index contributed by atoms with van der Waals surface area (Å²) in [4.78, 5) is 9.54. The van der Waals surface area contributed by atoms with Gasteiger partial charge in [0.2, 0.25) is 0 Å². The lowest BCUT2D eigenvalue weighted by molar-refractivity contribution is 0.247. The summed E-state index contributed by atoms with van der Waals surface area (Å²) < 4.78 is 0. The minimum Gasteiger partial charge on any atom is -0.354 e. The van der Waals surface area contributed by atoms with Gasteiger partial charge in [-0.2, -0.15) is 0 Å². The van der Waals surface area contributed by atoms with E-state index in [4.69, 9.17) is 5.73 Å². The van der Waals surface area contributed by atoms with Crippen LogP contribution in [0.1, 0.15) is 31.4 Å². The molecule has 1 aliphatic heterocycles. The number of hydrogen-bond acceptors (Lipinski definition) is 4. The molecule has 4 nitrogen and oxygen atoms in total. The van der Waals surface area contributed by atoms with Crippen molar-refractivity contribution in [1.82, 2.24) is 9.88 Å². The second kappa shape index (κ2) is 4.86. The topological polar surface area (TPSA) is 45.4 Å². The number of hydrogen-bond donors (Lipinski definition) is 1. The van der Waals surface area contributed by atoms with E-state index in [2.05, 4.69) is 20.9 Å². The van der Waals surface area contributed by atoms with E-state index in [9.17, 15) is 0 Å². The highest BCUT2D eigenvalue weighted by molar-refractivity contribution is 5.48. The van der Waals surface area contributed by atoms with Crippen LogP contribution in [-0.2, 0) is 0 Å². The molecule has 0 aromatic carbocycles. The predicted octanol–water partition coefficient (Wildman–Crippen LogP) is 1.39. The van der Waals surface area contributed by atoms with Crippen LogP contribution in [0.15, 0.2) is 18.3 Å². The lowest BCUT2D eigenvalue weighted by Crippen LogP contribution is -2.47. The minimum absolute atomic E-state index is 0.0511. The highest BCUT2D eigenvalue weighted by atomic mass is 15.3. The first kappa shape index (κ1) is 11.9. The highest BCUT2D eigenvalue weighted by Crippen LogP contribution is 2.29. The summed E-state index contributed by atoms with van der Waals surface area (Å²) in [7, 11) is 0. The molecule has 1 aromatic heterocycles. The first-order valence-corrected chi connectivity index (χ1v) is 6.95. The Morgan fingerprint density at radius 3 is 2.61 bits per heavy atom. The number of aromatic nitrogens is 1. The van der Waals surface area contributed by atoms with Gasteiger partial charge >= 0.3 is 0 Å². The predicted molar refractivity (Wildman–Crippen MR) is 73.6 cm³/mol. The van der Waals surface area contributed by atoms with Crippen LogP contribution in [0.25, 0.3) is 0 Å². The number of anilines is 1. The van der Waals surface area contributed by atoms with E-state index in [1.165, 1.54) is 25.9 Å². The van der Waals surface area contributed by atoms with E-state index in [-0.39, 0.29) is 6.04 Å². The Bertz CT molecular complexity index is 406. The van der Waals surface area contributed by atoms with Crippen LogP contribution < -0.4 is 10.6 Å². The molecule has 2 aliphatic rings. The van der Waals surface area contributed by atoms with Crippen molar-refractivity contribution in [2.75, 3.05) is 31.1 Å². The fraction of sp³-hybridized carbons (Fsp3) is 0.643. The van der Waals surface area contributed by atoms with Crippen LogP contribution in [0.4, 0.5) is 5.82 Å². The Balaban J connectivity index is 1.71. The molecule has 2 fully saturated rings. The van der Waals surface area contributed by atoms with Gasteiger partial charge < -0.3 is 10.6 Å². The summed E-state index contributed by atoms with van der Waals surface area (Å²) in [5.74, 6) is 1.09. The van der Waals surface area contributed by atoms with E-state index in [1.54, 1.807) is 0 Å². The largest absolute Gasteiger partial charge is 0.354 e. The lowest BCUT2D eigenvalue weighted by Gasteiger charge is -2.36. The van der Waals surface area contributed by atoms with E-state index in [1.807, 2.05) is 19.2 Å². The Morgan fingerprint density at radius 2 is 2.00 bits per heavy atom. The van der Waals surface area contributed by atoms with Gasteiger partial charge in [0, 0.05) is 50.0 Å². The second-order valence-electron chi connectivity index (χ2n) is 5.46. The van der Waals surface area contributed by atoms with Crippen molar-refractivity contribution in [3.8, 4) is 0 Å². The maximum Gasteiger partial charge on any atom is 0.133 e. The molecule has 1 atom stereocenters. The monoisotopic (exact) mass is 246 g/mol. The molecule has 0 radical (unpaired) electrons. The van der Waals surface area contributed by atoms with Crippen LogP contribution in [0.5, 0.6) is 0 Å². The normalized spacial score (nSPS) is 23.1. The molecule has 0 spiro atoms. The Morgan fingerprint density at radius 1 is 1.28 bits per heavy atom. The molecule has 18 heavy (non-hydrogen) atoms. The zero-order chi connectivity index (χ0) is 12.5. The third kappa shape index (κ3) is 2.35. The van der Waals surface area contributed by atoms with Crippen molar-refractivity contribution in [1.29, 1.82) is 0 Å². The average molecular weight is 246 g/mol. The van der Waals surface area contributed by atoms with Gasteiger partial charge in [-0.1, -0.05) is 6.07 Å². The first-order valence-electron chi connectivity index (χ1n) is 6.95. The van der Waals surface area contributed by atoms with Gasteiger partial charge in [-0.25, -0.2) is 4.98 Å². The second-order valence-corrected chi connectivity index (χ2v) is 5.46. The van der Waals surface area contributed by atoms with Gasteiger partial charge in [-0.3, -0.25) is 4.90 Å². The molecule has 1 saturated carbocycles. The molecular weight excluding hydrogens is 224 g/mol. The Hall–Kier alpha value is -1.13. The third-order valence-corrected chi connectivity index (χ3v) is 3.98. The van der Waals surface area contributed by atoms with Gasteiger partial charge in [0.05, 0.1) is 0 Å². The SMILES string of the molecule is C[C@H](N)c1cccnc1N1CCN(C2CC2)CC1. The molecule has 0 unspecified atom stereocenters. The number of rotatable bonds is 3. The van der Waals surface area contributed by atoms with Gasteiger partial charge in [0.1, 0.15) is 5.82 Å². The van der Waals surface area contributed by atoms with Gasteiger partial charge in [0.25, 0.3) is 0 Å². The molecule has 1 aromatic rings. The maximum atomic E-state index is 6.03. The quantitative estimate of drug-likeness (QED) is 0.875. The van der Waals surface area contributed by atoms with Gasteiger partial charge in [-0.05, 0) is 25.8 Å². The number of nitrogens with two attached hydrogens (primary N) is 1. The molecule has 3 rings (SSSR count). The first-order chi connectivity index (χ1) is 8.75. The minimum atomic E-state index is 0.0511. The Kier molecular flexibility index (Phi) is 3.22. The molecule has 2 N–H and O–H groups in total. The molecule has 98 valence electrons. The van der Waals surface area contributed by atoms with Crippen LogP contribution in [0.3, 0.4) is 0 Å². The van der Waals surface area contributed by atoms with E-state index < -0.39 is 0 Å². The van der Waals surface area contributed by atoms with Gasteiger partial charge in [0.15, 0.2) is 0 Å². The van der Waals surface area contributed by atoms with E-state index in [0.717, 1.165) is 30.5 Å². The summed E-state index contributed by atoms with van der Waals surface area (Å²) >= 11 is 0. The smallest absolute Gasteiger partial charge is 0.133 e. The molecule has 2 heterocycles. The van der Waals surface area contributed by atoms with Crippen molar-refractivity contribution >= 4 is 5.82 Å². The standard InChI is InChI=1S/C14H22N4/c1-11(15)13-3-2-6-16-14(13)18-9-7-17(8-10-18)12-4-5-12/h2-3,6,11-12H,4-5,7-10,15H2,1H3/t11-/m0/s1. The van der Waals surface area contributed by atoms with Gasteiger partial charge in [-0.15, -0.1) is 0 Å². The summed E-state index contributed by atoms with van der Waals surface area (Å²) in [6, 6.07) is 5.00. The van der Waals surface area contributed by atoms with E-state index in [0.29, 0.717) is 0 Å². The lowest BCUT2D eigenvalue weighted by atomic mass is 10.1. The third-order valence-electron chi connectivity index (χ3n) is 3.98. The van der Waals surface area contributed by atoms with Crippen molar-refractivity contribution in [3.63, 3.8) is 0 Å². The zero-order valence-electron chi connectivity index (χ0n) is 11.0. The average Bonchev–Trinajstić information content (AvgIpc) is 3.23. The summed E-state index contributed by atoms with van der Waals surface area (Å²) in [6.07, 6.45) is 4.66. The van der Waals surface area contributed by atoms with Crippen molar-refractivity contribution in [2.24, 2.45) is 5.73 Å². The molecule has 1 aliphatic carbocycles. The molecule has 0 bridgehead atoms. The highest BCUT2D eigenvalue weighted by Gasteiger charge is 2.31. The zero-order valence-corrected chi connectivity index (χ0v) is 11.0. The van der Waals surface area contributed by atoms with Crippen LogP contribution >= 0.6 is 0 Å². The van der Waals surface area contributed by atoms with Crippen molar-refractivity contribution in [3.05, 3.63) is 23.9 Å². The Labute approximate surface area is 109 Å². The van der Waals surface area contributed by atoms with Crippen molar-refractivity contribution < 1.29 is 0 Å². The summed E-state index contributed by atoms with van der Waals surface area (Å²) in [5.41, 5.74) is 7.19. The molecule has 4 heteroatoms. The molecular formula is C14H22N4. The summed E-state index contributed by atoms with van der Waals surface area (Å²) in [5, 5.41) is 0. The van der Waals surface area contributed by atoms with Crippen LogP contribution in [0, 0.1) is 0 Å². The molecule has 1 saturated heterocycles. The number of piperazine rings is 1. The summed E-state index contributed by atoms with van der Waals surface area (Å²) in [6.45, 7) is 6.51.